The number of hydrogen-bond donors (Lipinski definition) is 2. The van der Waals surface area contributed by atoms with Crippen LogP contribution in [0.2, 0.25) is 0 Å². The second-order valence-corrected chi connectivity index (χ2v) is 5.99. The molecule has 0 spiro atoms. The van der Waals surface area contributed by atoms with E-state index in [2.05, 4.69) is 10.3 Å². The van der Waals surface area contributed by atoms with Crippen LogP contribution >= 0.6 is 0 Å². The molecule has 1 heterocycles. The molecule has 0 aromatic carbocycles. The summed E-state index contributed by atoms with van der Waals surface area (Å²) in [6.07, 6.45) is 0.856. The van der Waals surface area contributed by atoms with E-state index < -0.39 is 23.1 Å². The van der Waals surface area contributed by atoms with E-state index in [4.69, 9.17) is 9.84 Å². The molecule has 0 unspecified atom stereocenters. The van der Waals surface area contributed by atoms with Gasteiger partial charge in [0.1, 0.15) is 11.0 Å². The lowest BCUT2D eigenvalue weighted by Gasteiger charge is -2.21. The maximum Gasteiger partial charge on any atom is 0.412 e. The van der Waals surface area contributed by atoms with Gasteiger partial charge in [0.15, 0.2) is 0 Å². The number of pyridine rings is 1. The Morgan fingerprint density at radius 3 is 2.35 bits per heavy atom. The Morgan fingerprint density at radius 2 is 1.85 bits per heavy atom. The third kappa shape index (κ3) is 4.22. The normalized spacial score (nSPS) is 11.8. The van der Waals surface area contributed by atoms with Gasteiger partial charge in [0.05, 0.1) is 5.69 Å². The van der Waals surface area contributed by atoms with E-state index in [1.807, 2.05) is 0 Å². The average Bonchev–Trinajstić information content (AvgIpc) is 2.26. The highest BCUT2D eigenvalue weighted by atomic mass is 16.6. The molecular weight excluding hydrogens is 260 g/mol. The van der Waals surface area contributed by atoms with Crippen molar-refractivity contribution in [2.24, 2.45) is 0 Å². The van der Waals surface area contributed by atoms with E-state index in [9.17, 15) is 9.59 Å². The lowest BCUT2D eigenvalue weighted by molar-refractivity contribution is -0.142. The number of ether oxygens (including phenoxy) is 1. The molecule has 1 aromatic heterocycles. The summed E-state index contributed by atoms with van der Waals surface area (Å²) in [4.78, 5) is 26.9. The van der Waals surface area contributed by atoms with Crippen LogP contribution in [0.25, 0.3) is 0 Å². The Balaban J connectivity index is 2.90. The van der Waals surface area contributed by atoms with Gasteiger partial charge in [0.25, 0.3) is 0 Å². The molecular formula is C14H20N2O4. The third-order valence-corrected chi connectivity index (χ3v) is 2.58. The minimum absolute atomic E-state index is 0.360. The van der Waals surface area contributed by atoms with E-state index >= 15 is 0 Å². The van der Waals surface area contributed by atoms with Crippen molar-refractivity contribution < 1.29 is 19.4 Å². The first-order valence-corrected chi connectivity index (χ1v) is 6.22. The second-order valence-electron chi connectivity index (χ2n) is 5.99. The lowest BCUT2D eigenvalue weighted by atomic mass is 9.89. The predicted octanol–water partition coefficient (Wildman–Crippen LogP) is 2.79. The van der Waals surface area contributed by atoms with Crippen molar-refractivity contribution in [3.05, 3.63) is 24.0 Å². The first kappa shape index (κ1) is 15.9. The molecule has 1 rings (SSSR count). The number of carboxylic acid groups (broad SMARTS) is 1. The fourth-order valence-corrected chi connectivity index (χ4v) is 1.38. The predicted molar refractivity (Wildman–Crippen MR) is 74.8 cm³/mol. The van der Waals surface area contributed by atoms with Crippen molar-refractivity contribution in [3.8, 4) is 0 Å². The molecule has 0 aliphatic rings. The Labute approximate surface area is 118 Å². The number of hydrogen-bond acceptors (Lipinski definition) is 4. The van der Waals surface area contributed by atoms with E-state index in [0.29, 0.717) is 11.4 Å². The fourth-order valence-electron chi connectivity index (χ4n) is 1.38. The number of carboxylic acids is 1. The maximum absolute atomic E-state index is 11.7. The molecule has 1 amide bonds. The zero-order valence-electron chi connectivity index (χ0n) is 12.4. The highest BCUT2D eigenvalue weighted by Gasteiger charge is 2.31. The minimum atomic E-state index is -1.13. The Hall–Kier alpha value is -2.11. The zero-order chi connectivity index (χ0) is 15.6. The summed E-state index contributed by atoms with van der Waals surface area (Å²) in [6, 6.07) is 3.10. The molecule has 6 heteroatoms. The smallest absolute Gasteiger partial charge is 0.412 e. The molecule has 0 saturated carbocycles. The summed E-state index contributed by atoms with van der Waals surface area (Å²) in [5.41, 5.74) is -0.927. The molecule has 1 aromatic rings. The highest BCUT2D eigenvalue weighted by molar-refractivity contribution is 5.85. The van der Waals surface area contributed by atoms with Gasteiger partial charge < -0.3 is 9.84 Å². The number of rotatable bonds is 3. The number of nitrogens with one attached hydrogen (secondary N) is 1. The number of carbonyl (C=O) groups excluding carboxylic acids is 1. The fraction of sp³-hybridized carbons (Fsp3) is 0.500. The molecule has 0 fully saturated rings. The van der Waals surface area contributed by atoms with Gasteiger partial charge in [0.2, 0.25) is 0 Å². The van der Waals surface area contributed by atoms with Gasteiger partial charge in [-0.25, -0.2) is 4.79 Å². The van der Waals surface area contributed by atoms with Gasteiger partial charge in [0, 0.05) is 11.9 Å². The van der Waals surface area contributed by atoms with Crippen molar-refractivity contribution in [1.29, 1.82) is 0 Å². The second kappa shape index (κ2) is 5.48. The number of carbonyl (C=O) groups is 2. The summed E-state index contributed by atoms with van der Waals surface area (Å²) in [5.74, 6) is -0.987. The minimum Gasteiger partial charge on any atom is -0.481 e. The highest BCUT2D eigenvalue weighted by Crippen LogP contribution is 2.23. The lowest BCUT2D eigenvalue weighted by Crippen LogP contribution is -2.30. The average molecular weight is 280 g/mol. The van der Waals surface area contributed by atoms with Crippen LogP contribution in [0.3, 0.4) is 0 Å². The van der Waals surface area contributed by atoms with Crippen LogP contribution in [0, 0.1) is 0 Å². The van der Waals surface area contributed by atoms with Crippen LogP contribution in [0.15, 0.2) is 18.3 Å². The molecule has 0 saturated heterocycles. The molecule has 0 aliphatic heterocycles. The van der Waals surface area contributed by atoms with Crippen LogP contribution in [0.5, 0.6) is 0 Å². The Morgan fingerprint density at radius 1 is 1.25 bits per heavy atom. The van der Waals surface area contributed by atoms with E-state index in [0.717, 1.165) is 0 Å². The summed E-state index contributed by atoms with van der Waals surface area (Å²) in [7, 11) is 0. The molecule has 0 bridgehead atoms. The number of anilines is 1. The largest absolute Gasteiger partial charge is 0.481 e. The van der Waals surface area contributed by atoms with E-state index in [1.165, 1.54) is 12.3 Å². The summed E-state index contributed by atoms with van der Waals surface area (Å²) >= 11 is 0. The first-order valence-electron chi connectivity index (χ1n) is 6.22. The van der Waals surface area contributed by atoms with Crippen LogP contribution in [0.4, 0.5) is 10.5 Å². The quantitative estimate of drug-likeness (QED) is 0.888. The topological polar surface area (TPSA) is 88.5 Å². The number of aromatic nitrogens is 1. The molecule has 2 N–H and O–H groups in total. The van der Waals surface area contributed by atoms with Gasteiger partial charge in [-0.3, -0.25) is 15.1 Å². The number of amides is 1. The van der Waals surface area contributed by atoms with Crippen molar-refractivity contribution in [1.82, 2.24) is 4.98 Å². The van der Waals surface area contributed by atoms with Gasteiger partial charge in [-0.05, 0) is 46.8 Å². The Kier molecular flexibility index (Phi) is 4.37. The first-order chi connectivity index (χ1) is 9.02. The van der Waals surface area contributed by atoms with Crippen LogP contribution < -0.4 is 5.32 Å². The molecule has 20 heavy (non-hydrogen) atoms. The van der Waals surface area contributed by atoms with Crippen molar-refractivity contribution in [2.45, 2.75) is 45.6 Å². The van der Waals surface area contributed by atoms with E-state index in [-0.39, 0.29) is 0 Å². The summed E-state index contributed by atoms with van der Waals surface area (Å²) in [6.45, 7) is 8.39. The molecule has 110 valence electrons. The van der Waals surface area contributed by atoms with Crippen molar-refractivity contribution in [3.63, 3.8) is 0 Å². The Bertz CT molecular complexity index is 518. The van der Waals surface area contributed by atoms with Crippen molar-refractivity contribution in [2.75, 3.05) is 5.32 Å². The number of aliphatic carboxylic acids is 1. The third-order valence-electron chi connectivity index (χ3n) is 2.58. The van der Waals surface area contributed by atoms with Crippen LogP contribution in [-0.2, 0) is 14.9 Å². The standard InChI is InChI=1S/C14H20N2O4/c1-13(2,3)20-12(19)16-9-6-7-15-10(8-9)14(4,5)11(17)18/h6-8H,1-5H3,(H,17,18)(H,15,16,19). The number of nitrogens with zero attached hydrogens (tertiary/aromatic N) is 1. The van der Waals surface area contributed by atoms with E-state index in [1.54, 1.807) is 40.7 Å². The molecule has 6 nitrogen and oxygen atoms in total. The van der Waals surface area contributed by atoms with Crippen LogP contribution in [0.1, 0.15) is 40.3 Å². The van der Waals surface area contributed by atoms with Gasteiger partial charge in [-0.15, -0.1) is 0 Å². The maximum atomic E-state index is 11.7. The zero-order valence-corrected chi connectivity index (χ0v) is 12.4. The molecule has 0 radical (unpaired) electrons. The molecule has 0 aliphatic carbocycles. The summed E-state index contributed by atoms with van der Waals surface area (Å²) in [5, 5.41) is 11.7. The molecule has 0 atom stereocenters. The monoisotopic (exact) mass is 280 g/mol. The van der Waals surface area contributed by atoms with Crippen molar-refractivity contribution >= 4 is 17.7 Å². The van der Waals surface area contributed by atoms with Gasteiger partial charge in [-0.1, -0.05) is 0 Å². The van der Waals surface area contributed by atoms with Gasteiger partial charge >= 0.3 is 12.1 Å². The van der Waals surface area contributed by atoms with Gasteiger partial charge in [-0.2, -0.15) is 0 Å². The SMILES string of the molecule is CC(C)(C)OC(=O)Nc1ccnc(C(C)(C)C(=O)O)c1. The van der Waals surface area contributed by atoms with Crippen LogP contribution in [-0.4, -0.2) is 27.8 Å². The summed E-state index contributed by atoms with van der Waals surface area (Å²) < 4.78 is 5.13.